The van der Waals surface area contributed by atoms with Crippen LogP contribution in [-0.2, 0) is 4.79 Å². The Bertz CT molecular complexity index is 557. The van der Waals surface area contributed by atoms with Crippen molar-refractivity contribution in [3.05, 3.63) is 35.6 Å². The van der Waals surface area contributed by atoms with Gasteiger partial charge in [0.05, 0.1) is 12.6 Å². The van der Waals surface area contributed by atoms with Gasteiger partial charge in [-0.2, -0.15) is 0 Å². The van der Waals surface area contributed by atoms with E-state index in [-0.39, 0.29) is 30.3 Å². The molecule has 1 saturated heterocycles. The van der Waals surface area contributed by atoms with E-state index in [4.69, 9.17) is 0 Å². The van der Waals surface area contributed by atoms with Crippen molar-refractivity contribution in [1.29, 1.82) is 0 Å². The van der Waals surface area contributed by atoms with Gasteiger partial charge in [0, 0.05) is 13.2 Å². The normalized spacial score (nSPS) is 23.5. The van der Waals surface area contributed by atoms with Gasteiger partial charge in [0.1, 0.15) is 5.82 Å². The number of carbonyl (C=O) groups is 1. The topological polar surface area (TPSA) is 52.6 Å². The van der Waals surface area contributed by atoms with Crippen LogP contribution in [0, 0.1) is 17.7 Å². The van der Waals surface area contributed by atoms with Crippen LogP contribution in [0.3, 0.4) is 0 Å². The van der Waals surface area contributed by atoms with Gasteiger partial charge in [0.15, 0.2) is 0 Å². The molecule has 2 unspecified atom stereocenters. The minimum Gasteiger partial charge on any atom is -0.396 e. The van der Waals surface area contributed by atoms with Gasteiger partial charge in [-0.1, -0.05) is 25.0 Å². The summed E-state index contributed by atoms with van der Waals surface area (Å²) in [6, 6.07) is 6.50. The Kier molecular flexibility index (Phi) is 6.43. The number of aliphatic hydroxyl groups excluding tert-OH is 1. The van der Waals surface area contributed by atoms with Crippen LogP contribution in [0.1, 0.15) is 50.1 Å². The van der Waals surface area contributed by atoms with Gasteiger partial charge < -0.3 is 10.4 Å². The molecule has 1 saturated carbocycles. The lowest BCUT2D eigenvalue weighted by Crippen LogP contribution is -2.44. The molecule has 1 aromatic rings. The fourth-order valence-corrected chi connectivity index (χ4v) is 4.30. The molecular formula is C20H29FN2O2. The summed E-state index contributed by atoms with van der Waals surface area (Å²) in [4.78, 5) is 14.8. The summed E-state index contributed by atoms with van der Waals surface area (Å²) in [5.74, 6) is 0.494. The Balaban J connectivity index is 1.63. The SMILES string of the molecule is O=C(CN1CCCC(CO)C1)NC(c1ccc(F)cc1)C1CCCC1. The molecule has 2 atom stereocenters. The maximum Gasteiger partial charge on any atom is 0.234 e. The molecule has 25 heavy (non-hydrogen) atoms. The second-order valence-electron chi connectivity index (χ2n) is 7.57. The van der Waals surface area contributed by atoms with Crippen LogP contribution in [0.2, 0.25) is 0 Å². The number of carbonyl (C=O) groups excluding carboxylic acids is 1. The highest BCUT2D eigenvalue weighted by Crippen LogP contribution is 2.35. The minimum absolute atomic E-state index is 0.0276. The molecule has 0 radical (unpaired) electrons. The highest BCUT2D eigenvalue weighted by molar-refractivity contribution is 5.78. The quantitative estimate of drug-likeness (QED) is 0.831. The molecule has 138 valence electrons. The molecule has 1 aliphatic carbocycles. The Morgan fingerprint density at radius 1 is 1.20 bits per heavy atom. The highest BCUT2D eigenvalue weighted by atomic mass is 19.1. The predicted octanol–water partition coefficient (Wildman–Crippen LogP) is 2.88. The number of hydrogen-bond acceptors (Lipinski definition) is 3. The number of nitrogens with one attached hydrogen (secondary N) is 1. The maximum absolute atomic E-state index is 13.3. The smallest absolute Gasteiger partial charge is 0.234 e. The molecule has 1 aliphatic heterocycles. The van der Waals surface area contributed by atoms with Crippen molar-refractivity contribution < 1.29 is 14.3 Å². The minimum atomic E-state index is -0.247. The first-order chi connectivity index (χ1) is 12.2. The average Bonchev–Trinajstić information content (AvgIpc) is 3.15. The summed E-state index contributed by atoms with van der Waals surface area (Å²) in [5, 5.41) is 12.6. The molecule has 5 heteroatoms. The van der Waals surface area contributed by atoms with Gasteiger partial charge in [0.25, 0.3) is 0 Å². The lowest BCUT2D eigenvalue weighted by molar-refractivity contribution is -0.123. The summed E-state index contributed by atoms with van der Waals surface area (Å²) >= 11 is 0. The number of halogens is 1. The lowest BCUT2D eigenvalue weighted by Gasteiger charge is -2.32. The summed E-state index contributed by atoms with van der Waals surface area (Å²) in [5.41, 5.74) is 0.994. The number of aliphatic hydroxyl groups is 1. The molecule has 3 rings (SSSR count). The summed E-state index contributed by atoms with van der Waals surface area (Å²) in [7, 11) is 0. The third-order valence-electron chi connectivity index (χ3n) is 5.65. The van der Waals surface area contributed by atoms with Gasteiger partial charge in [-0.15, -0.1) is 0 Å². The number of likely N-dealkylation sites (tertiary alicyclic amines) is 1. The van der Waals surface area contributed by atoms with E-state index >= 15 is 0 Å². The molecule has 0 bridgehead atoms. The summed E-state index contributed by atoms with van der Waals surface area (Å²) < 4.78 is 13.3. The van der Waals surface area contributed by atoms with E-state index in [9.17, 15) is 14.3 Å². The van der Waals surface area contributed by atoms with Crippen molar-refractivity contribution in [2.24, 2.45) is 11.8 Å². The fraction of sp³-hybridized carbons (Fsp3) is 0.650. The first-order valence-electron chi connectivity index (χ1n) is 9.53. The van der Waals surface area contributed by atoms with E-state index in [1.54, 1.807) is 12.1 Å². The zero-order chi connectivity index (χ0) is 17.6. The number of piperidine rings is 1. The molecule has 0 aromatic heterocycles. The second-order valence-corrected chi connectivity index (χ2v) is 7.57. The van der Waals surface area contributed by atoms with Crippen LogP contribution in [-0.4, -0.2) is 42.2 Å². The number of rotatable bonds is 6. The number of benzene rings is 1. The van der Waals surface area contributed by atoms with Crippen molar-refractivity contribution in [2.75, 3.05) is 26.2 Å². The number of nitrogens with zero attached hydrogens (tertiary/aromatic N) is 1. The van der Waals surface area contributed by atoms with E-state index < -0.39 is 0 Å². The maximum atomic E-state index is 13.3. The summed E-state index contributed by atoms with van der Waals surface area (Å²) in [6.45, 7) is 2.27. The first-order valence-corrected chi connectivity index (χ1v) is 9.53. The Morgan fingerprint density at radius 3 is 2.60 bits per heavy atom. The highest BCUT2D eigenvalue weighted by Gasteiger charge is 2.29. The monoisotopic (exact) mass is 348 g/mol. The molecule has 0 spiro atoms. The van der Waals surface area contributed by atoms with E-state index in [0.717, 1.165) is 44.3 Å². The number of hydrogen-bond donors (Lipinski definition) is 2. The molecule has 1 aromatic carbocycles. The molecule has 2 N–H and O–H groups in total. The van der Waals surface area contributed by atoms with Gasteiger partial charge in [0.2, 0.25) is 5.91 Å². The van der Waals surface area contributed by atoms with E-state index in [0.29, 0.717) is 12.5 Å². The molecule has 2 aliphatic rings. The largest absolute Gasteiger partial charge is 0.396 e. The van der Waals surface area contributed by atoms with Crippen LogP contribution in [0.4, 0.5) is 4.39 Å². The third kappa shape index (κ3) is 5.02. The van der Waals surface area contributed by atoms with Crippen molar-refractivity contribution in [3.8, 4) is 0 Å². The first kappa shape index (κ1) is 18.3. The van der Waals surface area contributed by atoms with Crippen LogP contribution in [0.15, 0.2) is 24.3 Å². The Labute approximate surface area is 149 Å². The predicted molar refractivity (Wildman–Crippen MR) is 95.5 cm³/mol. The fourth-order valence-electron chi connectivity index (χ4n) is 4.30. The zero-order valence-corrected chi connectivity index (χ0v) is 14.8. The van der Waals surface area contributed by atoms with Crippen molar-refractivity contribution in [2.45, 2.75) is 44.6 Å². The van der Waals surface area contributed by atoms with E-state index in [2.05, 4.69) is 10.2 Å². The Hall–Kier alpha value is -1.46. The average molecular weight is 348 g/mol. The Morgan fingerprint density at radius 2 is 1.92 bits per heavy atom. The van der Waals surface area contributed by atoms with Crippen LogP contribution in [0.25, 0.3) is 0 Å². The van der Waals surface area contributed by atoms with Crippen LogP contribution < -0.4 is 5.32 Å². The van der Waals surface area contributed by atoms with Crippen molar-refractivity contribution >= 4 is 5.91 Å². The van der Waals surface area contributed by atoms with Gasteiger partial charge >= 0.3 is 0 Å². The van der Waals surface area contributed by atoms with Crippen LogP contribution >= 0.6 is 0 Å². The zero-order valence-electron chi connectivity index (χ0n) is 14.8. The molecular weight excluding hydrogens is 319 g/mol. The second kappa shape index (κ2) is 8.77. The lowest BCUT2D eigenvalue weighted by atomic mass is 9.91. The van der Waals surface area contributed by atoms with Crippen LogP contribution in [0.5, 0.6) is 0 Å². The standard InChI is InChI=1S/C20H29FN2O2/c21-18-9-7-17(8-10-18)20(16-5-1-2-6-16)22-19(25)13-23-11-3-4-15(12-23)14-24/h7-10,15-16,20,24H,1-6,11-14H2,(H,22,25). The molecule has 1 heterocycles. The molecule has 2 fully saturated rings. The molecule has 4 nitrogen and oxygen atoms in total. The number of amides is 1. The van der Waals surface area contributed by atoms with E-state index in [1.165, 1.54) is 25.0 Å². The van der Waals surface area contributed by atoms with E-state index in [1.807, 2.05) is 0 Å². The summed E-state index contributed by atoms with van der Waals surface area (Å²) in [6.07, 6.45) is 6.68. The van der Waals surface area contributed by atoms with Gasteiger partial charge in [-0.3, -0.25) is 9.69 Å². The molecule has 1 amide bonds. The van der Waals surface area contributed by atoms with Gasteiger partial charge in [-0.25, -0.2) is 4.39 Å². The third-order valence-corrected chi connectivity index (χ3v) is 5.65. The van der Waals surface area contributed by atoms with Gasteiger partial charge in [-0.05, 0) is 61.8 Å². The van der Waals surface area contributed by atoms with Crippen molar-refractivity contribution in [3.63, 3.8) is 0 Å². The van der Waals surface area contributed by atoms with Crippen molar-refractivity contribution in [1.82, 2.24) is 10.2 Å².